The van der Waals surface area contributed by atoms with E-state index in [2.05, 4.69) is 62.4 Å². The van der Waals surface area contributed by atoms with Gasteiger partial charge in [0.25, 0.3) is 0 Å². The fraction of sp³-hybridized carbons (Fsp3) is 0.538. The summed E-state index contributed by atoms with van der Waals surface area (Å²) in [6.45, 7) is 8.74. The third kappa shape index (κ3) is 2.86. The van der Waals surface area contributed by atoms with Crippen LogP contribution >= 0.6 is 22.6 Å². The molecule has 0 unspecified atom stereocenters. The molecule has 1 aromatic carbocycles. The van der Waals surface area contributed by atoms with E-state index in [1.165, 1.54) is 16.7 Å². The summed E-state index contributed by atoms with van der Waals surface area (Å²) in [5.41, 5.74) is 3.91. The van der Waals surface area contributed by atoms with Gasteiger partial charge in [0.15, 0.2) is 0 Å². The van der Waals surface area contributed by atoms with Crippen molar-refractivity contribution in [2.24, 2.45) is 0 Å². The van der Waals surface area contributed by atoms with E-state index >= 15 is 0 Å². The topological polar surface area (TPSA) is 9.23 Å². The van der Waals surface area contributed by atoms with Gasteiger partial charge < -0.3 is 4.74 Å². The number of halogens is 1. The summed E-state index contributed by atoms with van der Waals surface area (Å²) >= 11 is 2.48. The highest BCUT2D eigenvalue weighted by molar-refractivity contribution is 14.1. The zero-order valence-electron chi connectivity index (χ0n) is 10.1. The maximum absolute atomic E-state index is 5.43. The van der Waals surface area contributed by atoms with E-state index in [1.54, 1.807) is 7.11 Å². The van der Waals surface area contributed by atoms with Crippen LogP contribution in [0.5, 0.6) is 5.75 Å². The lowest BCUT2D eigenvalue weighted by atomic mass is 9.96. The van der Waals surface area contributed by atoms with Gasteiger partial charge >= 0.3 is 0 Å². The number of rotatable bonds is 3. The van der Waals surface area contributed by atoms with Crippen LogP contribution in [-0.2, 0) is 9.84 Å². The zero-order valence-corrected chi connectivity index (χ0v) is 12.3. The molecule has 15 heavy (non-hydrogen) atoms. The first-order valence-corrected chi connectivity index (χ1v) is 6.35. The van der Waals surface area contributed by atoms with Gasteiger partial charge in [-0.05, 0) is 43.9 Å². The third-order valence-corrected chi connectivity index (χ3v) is 3.25. The molecule has 0 spiro atoms. The van der Waals surface area contributed by atoms with Crippen LogP contribution in [0.15, 0.2) is 12.1 Å². The van der Waals surface area contributed by atoms with Crippen LogP contribution in [-0.4, -0.2) is 7.11 Å². The lowest BCUT2D eigenvalue weighted by molar-refractivity contribution is 0.406. The van der Waals surface area contributed by atoms with Crippen molar-refractivity contribution in [1.29, 1.82) is 0 Å². The first-order valence-electron chi connectivity index (χ1n) is 5.27. The van der Waals surface area contributed by atoms with Crippen molar-refractivity contribution in [1.82, 2.24) is 0 Å². The quantitative estimate of drug-likeness (QED) is 0.598. The maximum Gasteiger partial charge on any atom is 0.124 e. The Labute approximate surface area is 106 Å². The van der Waals surface area contributed by atoms with Gasteiger partial charge in [0.05, 0.1) is 7.11 Å². The van der Waals surface area contributed by atoms with Gasteiger partial charge in [-0.25, -0.2) is 0 Å². The standard InChI is InChI=1S/C13H19IO/c1-6-10-8-11(13(3,4)14)7-9(2)12(10)15-5/h7-8H,6H2,1-5H3. The van der Waals surface area contributed by atoms with Crippen molar-refractivity contribution in [3.63, 3.8) is 0 Å². The Kier molecular flexibility index (Phi) is 4.04. The second-order valence-corrected chi connectivity index (χ2v) is 7.01. The molecular formula is C13H19IO. The van der Waals surface area contributed by atoms with Crippen molar-refractivity contribution < 1.29 is 4.74 Å². The maximum atomic E-state index is 5.43. The highest BCUT2D eigenvalue weighted by atomic mass is 127. The van der Waals surface area contributed by atoms with Gasteiger partial charge in [-0.1, -0.05) is 41.6 Å². The summed E-state index contributed by atoms with van der Waals surface area (Å²) in [6.07, 6.45) is 1.02. The van der Waals surface area contributed by atoms with Crippen LogP contribution in [0, 0.1) is 6.92 Å². The van der Waals surface area contributed by atoms with Gasteiger partial charge in [0, 0.05) is 3.42 Å². The second kappa shape index (κ2) is 4.73. The minimum Gasteiger partial charge on any atom is -0.496 e. The molecule has 0 atom stereocenters. The Morgan fingerprint density at radius 1 is 1.33 bits per heavy atom. The smallest absolute Gasteiger partial charge is 0.124 e. The molecule has 0 radical (unpaired) electrons. The monoisotopic (exact) mass is 318 g/mol. The van der Waals surface area contributed by atoms with Crippen LogP contribution in [0.3, 0.4) is 0 Å². The van der Waals surface area contributed by atoms with Crippen LogP contribution < -0.4 is 4.74 Å². The average Bonchev–Trinajstić information content (AvgIpc) is 2.15. The molecule has 2 heteroatoms. The summed E-state index contributed by atoms with van der Waals surface area (Å²) in [5, 5.41) is 0. The Hall–Kier alpha value is -0.250. The normalized spacial score (nSPS) is 11.6. The largest absolute Gasteiger partial charge is 0.496 e. The number of alkyl halides is 1. The lowest BCUT2D eigenvalue weighted by Crippen LogP contribution is -2.08. The fourth-order valence-electron chi connectivity index (χ4n) is 1.74. The van der Waals surface area contributed by atoms with Crippen molar-refractivity contribution in [3.05, 3.63) is 28.8 Å². The SMILES string of the molecule is CCc1cc(C(C)(C)I)cc(C)c1OC. The van der Waals surface area contributed by atoms with Gasteiger partial charge in [-0.3, -0.25) is 0 Å². The molecule has 0 aliphatic rings. The molecule has 0 bridgehead atoms. The first kappa shape index (κ1) is 12.8. The van der Waals surface area contributed by atoms with E-state index < -0.39 is 0 Å². The molecule has 0 aliphatic carbocycles. The number of ether oxygens (including phenoxy) is 1. The number of aryl methyl sites for hydroxylation is 2. The average molecular weight is 318 g/mol. The van der Waals surface area contributed by atoms with Crippen LogP contribution in [0.25, 0.3) is 0 Å². The fourth-order valence-corrected chi connectivity index (χ4v) is 2.06. The Morgan fingerprint density at radius 2 is 1.93 bits per heavy atom. The molecule has 0 amide bonds. The number of hydrogen-bond acceptors (Lipinski definition) is 1. The van der Waals surface area contributed by atoms with Crippen molar-refractivity contribution in [3.8, 4) is 5.75 Å². The van der Waals surface area contributed by atoms with Crippen molar-refractivity contribution in [2.75, 3.05) is 7.11 Å². The van der Waals surface area contributed by atoms with Crippen molar-refractivity contribution >= 4 is 22.6 Å². The van der Waals surface area contributed by atoms with Crippen LogP contribution in [0.1, 0.15) is 37.5 Å². The molecule has 0 fully saturated rings. The highest BCUT2D eigenvalue weighted by Crippen LogP contribution is 2.35. The number of benzene rings is 1. The predicted octanol–water partition coefficient (Wildman–Crippen LogP) is 4.24. The minimum absolute atomic E-state index is 0.179. The third-order valence-electron chi connectivity index (χ3n) is 2.62. The molecule has 0 aliphatic heterocycles. The molecule has 1 nitrogen and oxygen atoms in total. The molecule has 0 N–H and O–H groups in total. The molecule has 0 heterocycles. The molecular weight excluding hydrogens is 299 g/mol. The lowest BCUT2D eigenvalue weighted by Gasteiger charge is -2.20. The Balaban J connectivity index is 3.32. The minimum atomic E-state index is 0.179. The Morgan fingerprint density at radius 3 is 2.33 bits per heavy atom. The first-order chi connectivity index (χ1) is 6.90. The summed E-state index contributed by atoms with van der Waals surface area (Å²) in [5.74, 6) is 1.04. The number of hydrogen-bond donors (Lipinski definition) is 0. The van der Waals surface area contributed by atoms with Gasteiger partial charge in [-0.15, -0.1) is 0 Å². The molecule has 1 rings (SSSR count). The summed E-state index contributed by atoms with van der Waals surface area (Å²) in [7, 11) is 1.75. The van der Waals surface area contributed by atoms with E-state index in [9.17, 15) is 0 Å². The summed E-state index contributed by atoms with van der Waals surface area (Å²) < 4.78 is 5.61. The summed E-state index contributed by atoms with van der Waals surface area (Å²) in [4.78, 5) is 0. The van der Waals surface area contributed by atoms with E-state index in [0.29, 0.717) is 0 Å². The zero-order chi connectivity index (χ0) is 11.6. The molecule has 0 aromatic heterocycles. The molecule has 0 saturated heterocycles. The predicted molar refractivity (Wildman–Crippen MR) is 74.2 cm³/mol. The second-order valence-electron chi connectivity index (χ2n) is 4.31. The Bertz CT molecular complexity index is 350. The summed E-state index contributed by atoms with van der Waals surface area (Å²) in [6, 6.07) is 4.49. The van der Waals surface area contributed by atoms with Crippen molar-refractivity contribution in [2.45, 2.75) is 37.5 Å². The molecule has 84 valence electrons. The van der Waals surface area contributed by atoms with E-state index in [4.69, 9.17) is 4.74 Å². The van der Waals surface area contributed by atoms with E-state index in [1.807, 2.05) is 0 Å². The van der Waals surface area contributed by atoms with E-state index in [0.717, 1.165) is 12.2 Å². The van der Waals surface area contributed by atoms with Gasteiger partial charge in [-0.2, -0.15) is 0 Å². The van der Waals surface area contributed by atoms with Gasteiger partial charge in [0.1, 0.15) is 5.75 Å². The van der Waals surface area contributed by atoms with Crippen LogP contribution in [0.4, 0.5) is 0 Å². The number of methoxy groups -OCH3 is 1. The van der Waals surface area contributed by atoms with Gasteiger partial charge in [0.2, 0.25) is 0 Å². The van der Waals surface area contributed by atoms with Crippen LogP contribution in [0.2, 0.25) is 0 Å². The van der Waals surface area contributed by atoms with E-state index in [-0.39, 0.29) is 3.42 Å². The molecule has 1 aromatic rings. The highest BCUT2D eigenvalue weighted by Gasteiger charge is 2.18. The molecule has 0 saturated carbocycles.